The first-order valence-corrected chi connectivity index (χ1v) is 6.29. The molecule has 0 saturated carbocycles. The minimum atomic E-state index is -4.94. The third-order valence-corrected chi connectivity index (χ3v) is 3.35. The van der Waals surface area contributed by atoms with E-state index in [-0.39, 0.29) is 0 Å². The number of carboxylic acids is 1. The largest absolute Gasteiger partial charge is 0.573 e. The predicted molar refractivity (Wildman–Crippen MR) is 65.7 cm³/mol. The zero-order valence-electron chi connectivity index (χ0n) is 10.9. The molecule has 2 rings (SSSR count). The molecule has 8 heteroatoms. The van der Waals surface area contributed by atoms with Gasteiger partial charge in [-0.2, -0.15) is 0 Å². The number of aliphatic carboxylic acids is 1. The highest BCUT2D eigenvalue weighted by molar-refractivity contribution is 5.70. The minimum Gasteiger partial charge on any atom is -0.481 e. The molecule has 4 nitrogen and oxygen atoms in total. The normalized spacial score (nSPS) is 16.9. The van der Waals surface area contributed by atoms with Gasteiger partial charge in [-0.15, -0.1) is 13.2 Å². The first-order chi connectivity index (χ1) is 9.76. The molecule has 1 aliphatic heterocycles. The van der Waals surface area contributed by atoms with Crippen molar-refractivity contribution in [2.24, 2.45) is 5.92 Å². The number of carboxylic acid groups (broad SMARTS) is 1. The van der Waals surface area contributed by atoms with Crippen LogP contribution >= 0.6 is 0 Å². The summed E-state index contributed by atoms with van der Waals surface area (Å²) in [6, 6.07) is 3.20. The summed E-state index contributed by atoms with van der Waals surface area (Å²) >= 11 is 0. The molecule has 1 aromatic carbocycles. The van der Waals surface area contributed by atoms with E-state index in [0.29, 0.717) is 31.6 Å². The molecule has 0 atom stereocenters. The summed E-state index contributed by atoms with van der Waals surface area (Å²) in [4.78, 5) is 12.6. The van der Waals surface area contributed by atoms with Gasteiger partial charge in [0.1, 0.15) is 0 Å². The van der Waals surface area contributed by atoms with Gasteiger partial charge in [0.15, 0.2) is 11.6 Å². The summed E-state index contributed by atoms with van der Waals surface area (Å²) < 4.78 is 53.3. The Labute approximate surface area is 117 Å². The summed E-state index contributed by atoms with van der Waals surface area (Å²) in [5.41, 5.74) is 0.408. The van der Waals surface area contributed by atoms with E-state index in [9.17, 15) is 22.4 Å². The van der Waals surface area contributed by atoms with Crippen molar-refractivity contribution in [1.82, 2.24) is 0 Å². The number of alkyl halides is 3. The molecule has 0 aromatic heterocycles. The minimum absolute atomic E-state index is 0.408. The van der Waals surface area contributed by atoms with Crippen molar-refractivity contribution in [3.05, 3.63) is 24.0 Å². The maximum Gasteiger partial charge on any atom is 0.573 e. The second-order valence-electron chi connectivity index (χ2n) is 4.76. The lowest BCUT2D eigenvalue weighted by molar-refractivity contribution is -0.275. The van der Waals surface area contributed by atoms with E-state index in [1.165, 1.54) is 6.07 Å². The summed E-state index contributed by atoms with van der Waals surface area (Å²) in [6.45, 7) is 0.825. The van der Waals surface area contributed by atoms with Crippen LogP contribution in [-0.4, -0.2) is 30.5 Å². The first kappa shape index (κ1) is 15.4. The van der Waals surface area contributed by atoms with Crippen LogP contribution in [0.4, 0.5) is 23.2 Å². The maximum atomic E-state index is 13.6. The van der Waals surface area contributed by atoms with Crippen LogP contribution in [0.25, 0.3) is 0 Å². The average molecular weight is 307 g/mol. The number of hydrogen-bond donors (Lipinski definition) is 1. The molecule has 1 aliphatic rings. The molecule has 0 unspecified atom stereocenters. The lowest BCUT2D eigenvalue weighted by Crippen LogP contribution is -2.36. The summed E-state index contributed by atoms with van der Waals surface area (Å²) in [7, 11) is 0. The maximum absolute atomic E-state index is 13.6. The number of hydrogen-bond acceptors (Lipinski definition) is 3. The van der Waals surface area contributed by atoms with Crippen LogP contribution in [-0.2, 0) is 4.79 Å². The van der Waals surface area contributed by atoms with Gasteiger partial charge in [-0.3, -0.25) is 4.79 Å². The van der Waals surface area contributed by atoms with E-state index in [4.69, 9.17) is 5.11 Å². The van der Waals surface area contributed by atoms with E-state index in [1.807, 2.05) is 0 Å². The Hall–Kier alpha value is -1.99. The number of nitrogens with zero attached hydrogens (tertiary/aromatic N) is 1. The summed E-state index contributed by atoms with van der Waals surface area (Å²) in [5, 5.41) is 8.88. The number of anilines is 1. The molecule has 116 valence electrons. The molecule has 0 spiro atoms. The van der Waals surface area contributed by atoms with Crippen molar-refractivity contribution in [1.29, 1.82) is 0 Å². The monoisotopic (exact) mass is 307 g/mol. The smallest absolute Gasteiger partial charge is 0.481 e. The quantitative estimate of drug-likeness (QED) is 0.872. The molecular formula is C13H13F4NO3. The third-order valence-electron chi connectivity index (χ3n) is 3.35. The van der Waals surface area contributed by atoms with Gasteiger partial charge in [-0.25, -0.2) is 4.39 Å². The SMILES string of the molecule is O=C(O)C1CCN(c2ccc(OC(F)(F)F)c(F)c2)CC1. The van der Waals surface area contributed by atoms with Crippen molar-refractivity contribution in [2.75, 3.05) is 18.0 Å². The number of carbonyl (C=O) groups is 1. The van der Waals surface area contributed by atoms with Gasteiger partial charge in [0.2, 0.25) is 0 Å². The average Bonchev–Trinajstić information content (AvgIpc) is 2.40. The lowest BCUT2D eigenvalue weighted by atomic mass is 9.97. The Kier molecular flexibility index (Phi) is 4.24. The summed E-state index contributed by atoms with van der Waals surface area (Å²) in [5.74, 6) is -3.29. The van der Waals surface area contributed by atoms with Gasteiger partial charge in [0.05, 0.1) is 5.92 Å². The molecule has 0 aliphatic carbocycles. The van der Waals surface area contributed by atoms with Gasteiger partial charge in [0, 0.05) is 24.8 Å². The number of rotatable bonds is 3. The molecule has 21 heavy (non-hydrogen) atoms. The Balaban J connectivity index is 2.06. The molecule has 1 fully saturated rings. The van der Waals surface area contributed by atoms with Crippen molar-refractivity contribution >= 4 is 11.7 Å². The van der Waals surface area contributed by atoms with Crippen LogP contribution < -0.4 is 9.64 Å². The fourth-order valence-corrected chi connectivity index (χ4v) is 2.28. The number of halogens is 4. The third kappa shape index (κ3) is 3.99. The van der Waals surface area contributed by atoms with Crippen LogP contribution in [0.1, 0.15) is 12.8 Å². The fraction of sp³-hybridized carbons (Fsp3) is 0.462. The van der Waals surface area contributed by atoms with Gasteiger partial charge in [0.25, 0.3) is 0 Å². The van der Waals surface area contributed by atoms with E-state index in [0.717, 1.165) is 12.1 Å². The number of piperidine rings is 1. The highest BCUT2D eigenvalue weighted by atomic mass is 19.4. The first-order valence-electron chi connectivity index (χ1n) is 6.29. The predicted octanol–water partition coefficient (Wildman–Crippen LogP) is 3.03. The molecule has 0 radical (unpaired) electrons. The fourth-order valence-electron chi connectivity index (χ4n) is 2.28. The second kappa shape index (κ2) is 5.79. The van der Waals surface area contributed by atoms with E-state index < -0.39 is 29.8 Å². The molecule has 1 N–H and O–H groups in total. The van der Waals surface area contributed by atoms with Crippen LogP contribution in [0.15, 0.2) is 18.2 Å². The molecule has 1 saturated heterocycles. The summed E-state index contributed by atoms with van der Waals surface area (Å²) in [6.07, 6.45) is -4.11. The van der Waals surface area contributed by atoms with Crippen molar-refractivity contribution in [3.63, 3.8) is 0 Å². The molecule has 0 bridgehead atoms. The zero-order chi connectivity index (χ0) is 15.6. The molecule has 1 aromatic rings. The Morgan fingerprint density at radius 2 is 1.90 bits per heavy atom. The van der Waals surface area contributed by atoms with Crippen LogP contribution in [0, 0.1) is 11.7 Å². The number of benzene rings is 1. The van der Waals surface area contributed by atoms with E-state index in [2.05, 4.69) is 4.74 Å². The standard InChI is InChI=1S/C13H13F4NO3/c14-10-7-9(1-2-11(10)21-13(15,16)17)18-5-3-8(4-6-18)12(19)20/h1-2,7-8H,3-6H2,(H,19,20). The van der Waals surface area contributed by atoms with Crippen molar-refractivity contribution in [2.45, 2.75) is 19.2 Å². The zero-order valence-corrected chi connectivity index (χ0v) is 10.9. The van der Waals surface area contributed by atoms with Gasteiger partial charge in [-0.1, -0.05) is 0 Å². The number of ether oxygens (including phenoxy) is 1. The Morgan fingerprint density at radius 3 is 2.38 bits per heavy atom. The van der Waals surface area contributed by atoms with Crippen molar-refractivity contribution < 1.29 is 32.2 Å². The molecule has 1 heterocycles. The van der Waals surface area contributed by atoms with Crippen LogP contribution in [0.3, 0.4) is 0 Å². The van der Waals surface area contributed by atoms with Crippen LogP contribution in [0.2, 0.25) is 0 Å². The molecular weight excluding hydrogens is 294 g/mol. The van der Waals surface area contributed by atoms with E-state index in [1.54, 1.807) is 4.90 Å². The topological polar surface area (TPSA) is 49.8 Å². The Bertz CT molecular complexity index is 525. The second-order valence-corrected chi connectivity index (χ2v) is 4.76. The van der Waals surface area contributed by atoms with E-state index >= 15 is 0 Å². The van der Waals surface area contributed by atoms with Gasteiger partial charge >= 0.3 is 12.3 Å². The molecule has 0 amide bonds. The van der Waals surface area contributed by atoms with Crippen molar-refractivity contribution in [3.8, 4) is 5.75 Å². The van der Waals surface area contributed by atoms with Gasteiger partial charge in [-0.05, 0) is 25.0 Å². The highest BCUT2D eigenvalue weighted by Crippen LogP contribution is 2.30. The van der Waals surface area contributed by atoms with Gasteiger partial charge < -0.3 is 14.7 Å². The Morgan fingerprint density at radius 1 is 1.29 bits per heavy atom. The van der Waals surface area contributed by atoms with Crippen LogP contribution in [0.5, 0.6) is 5.75 Å². The lowest BCUT2D eigenvalue weighted by Gasteiger charge is -2.32. The highest BCUT2D eigenvalue weighted by Gasteiger charge is 2.32.